The number of guanidine groups is 1. The Morgan fingerprint density at radius 3 is 2.70 bits per heavy atom. The third-order valence-corrected chi connectivity index (χ3v) is 3.85. The van der Waals surface area contributed by atoms with Gasteiger partial charge in [0.1, 0.15) is 0 Å². The van der Waals surface area contributed by atoms with Gasteiger partial charge in [0.2, 0.25) is 5.91 Å². The van der Waals surface area contributed by atoms with Gasteiger partial charge in [-0.3, -0.25) is 9.79 Å². The molecule has 0 spiro atoms. The lowest BCUT2D eigenvalue weighted by atomic mass is 10.2. The maximum absolute atomic E-state index is 11.7. The average Bonchev–Trinajstić information content (AvgIpc) is 3.32. The van der Waals surface area contributed by atoms with E-state index in [0.29, 0.717) is 19.6 Å². The quantitative estimate of drug-likeness (QED) is 0.236. The largest absolute Gasteiger partial charge is 0.379 e. The Morgan fingerprint density at radius 1 is 1.43 bits per heavy atom. The van der Waals surface area contributed by atoms with Gasteiger partial charge in [-0.15, -0.1) is 24.0 Å². The van der Waals surface area contributed by atoms with Gasteiger partial charge in [0.15, 0.2) is 5.96 Å². The van der Waals surface area contributed by atoms with E-state index >= 15 is 0 Å². The minimum absolute atomic E-state index is 0. The van der Waals surface area contributed by atoms with Crippen LogP contribution in [0.4, 0.5) is 0 Å². The number of nitrogens with one attached hydrogen (secondary N) is 2. The Balaban J connectivity index is 0.00000484. The van der Waals surface area contributed by atoms with Gasteiger partial charge in [-0.25, -0.2) is 0 Å². The van der Waals surface area contributed by atoms with Crippen LogP contribution < -0.4 is 10.6 Å². The molecule has 1 fully saturated rings. The third kappa shape index (κ3) is 10.8. The highest BCUT2D eigenvalue weighted by molar-refractivity contribution is 14.0. The van der Waals surface area contributed by atoms with Gasteiger partial charge in [-0.05, 0) is 32.1 Å². The Hall–Kier alpha value is -0.570. The zero-order valence-corrected chi connectivity index (χ0v) is 17.3. The van der Waals surface area contributed by atoms with Gasteiger partial charge < -0.3 is 20.3 Å². The Bertz CT molecular complexity index is 362. The summed E-state index contributed by atoms with van der Waals surface area (Å²) in [5.41, 5.74) is 0. The monoisotopic (exact) mass is 440 g/mol. The molecule has 1 rings (SSSR count). The average molecular weight is 440 g/mol. The van der Waals surface area contributed by atoms with Crippen molar-refractivity contribution in [3.8, 4) is 0 Å². The summed E-state index contributed by atoms with van der Waals surface area (Å²) in [5.74, 6) is 1.67. The lowest BCUT2D eigenvalue weighted by molar-refractivity contribution is -0.121. The van der Waals surface area contributed by atoms with Crippen molar-refractivity contribution in [2.45, 2.75) is 45.6 Å². The number of nitrogens with zero attached hydrogens (tertiary/aromatic N) is 2. The molecule has 0 aromatic heterocycles. The maximum atomic E-state index is 11.7. The lowest BCUT2D eigenvalue weighted by Crippen LogP contribution is -2.42. The van der Waals surface area contributed by atoms with Gasteiger partial charge in [0, 0.05) is 46.3 Å². The summed E-state index contributed by atoms with van der Waals surface area (Å²) in [4.78, 5) is 18.0. The van der Waals surface area contributed by atoms with Crippen LogP contribution >= 0.6 is 24.0 Å². The van der Waals surface area contributed by atoms with E-state index in [1.165, 1.54) is 12.8 Å². The van der Waals surface area contributed by atoms with Gasteiger partial charge in [0.25, 0.3) is 0 Å². The first kappa shape index (κ1) is 22.4. The highest BCUT2D eigenvalue weighted by Crippen LogP contribution is 2.28. The molecule has 1 aliphatic rings. The van der Waals surface area contributed by atoms with Crippen molar-refractivity contribution in [2.75, 3.05) is 40.4 Å². The normalized spacial score (nSPS) is 15.6. The molecule has 136 valence electrons. The van der Waals surface area contributed by atoms with Gasteiger partial charge >= 0.3 is 0 Å². The molecule has 23 heavy (non-hydrogen) atoms. The number of carbonyl (C=O) groups is 1. The smallest absolute Gasteiger partial charge is 0.221 e. The van der Waals surface area contributed by atoms with Crippen LogP contribution in [0.25, 0.3) is 0 Å². The Kier molecular flexibility index (Phi) is 12.5. The minimum Gasteiger partial charge on any atom is -0.379 e. The van der Waals surface area contributed by atoms with Crippen LogP contribution in [0.3, 0.4) is 0 Å². The first-order chi connectivity index (χ1) is 10.6. The summed E-state index contributed by atoms with van der Waals surface area (Å²) < 4.78 is 5.63. The van der Waals surface area contributed by atoms with Crippen molar-refractivity contribution in [3.05, 3.63) is 0 Å². The summed E-state index contributed by atoms with van der Waals surface area (Å²) in [6.45, 7) is 7.05. The molecule has 1 atom stereocenters. The number of ether oxygens (including phenoxy) is 1. The highest BCUT2D eigenvalue weighted by atomic mass is 127. The first-order valence-electron chi connectivity index (χ1n) is 8.35. The van der Waals surface area contributed by atoms with Crippen LogP contribution in [0.15, 0.2) is 4.99 Å². The van der Waals surface area contributed by atoms with Gasteiger partial charge in [-0.2, -0.15) is 0 Å². The van der Waals surface area contributed by atoms with E-state index in [4.69, 9.17) is 4.74 Å². The molecule has 6 nitrogen and oxygen atoms in total. The minimum atomic E-state index is 0. The van der Waals surface area contributed by atoms with Crippen molar-refractivity contribution < 1.29 is 9.53 Å². The van der Waals surface area contributed by atoms with E-state index < -0.39 is 0 Å². The van der Waals surface area contributed by atoms with Crippen LogP contribution in [0.2, 0.25) is 0 Å². The maximum Gasteiger partial charge on any atom is 0.221 e. The number of amides is 1. The summed E-state index contributed by atoms with van der Waals surface area (Å²) in [6, 6.07) is 0.234. The van der Waals surface area contributed by atoms with Crippen LogP contribution in [0.5, 0.6) is 0 Å². The summed E-state index contributed by atoms with van der Waals surface area (Å²) in [7, 11) is 3.73. The number of hydrogen-bond donors (Lipinski definition) is 2. The molecule has 1 saturated carbocycles. The Labute approximate surface area is 157 Å². The van der Waals surface area contributed by atoms with E-state index in [1.54, 1.807) is 7.05 Å². The molecule has 0 heterocycles. The van der Waals surface area contributed by atoms with E-state index in [2.05, 4.69) is 22.5 Å². The molecule has 0 aromatic rings. The van der Waals surface area contributed by atoms with Crippen LogP contribution in [0.1, 0.15) is 39.5 Å². The van der Waals surface area contributed by atoms with Crippen LogP contribution in [0, 0.1) is 5.92 Å². The number of halogens is 1. The predicted octanol–water partition coefficient (Wildman–Crippen LogP) is 1.84. The number of hydrogen-bond acceptors (Lipinski definition) is 3. The van der Waals surface area contributed by atoms with Crippen molar-refractivity contribution in [1.29, 1.82) is 0 Å². The molecule has 0 bridgehead atoms. The first-order valence-corrected chi connectivity index (χ1v) is 8.35. The van der Waals surface area contributed by atoms with Gasteiger partial charge in [0.05, 0.1) is 6.61 Å². The molecule has 1 amide bonds. The molecular weight excluding hydrogens is 407 g/mol. The SMILES string of the molecule is CCC(C)NC(=O)CCNC(=NC)N(C)CCOCC1CC1.I. The molecule has 1 unspecified atom stereocenters. The zero-order valence-electron chi connectivity index (χ0n) is 14.9. The second-order valence-corrected chi connectivity index (χ2v) is 6.04. The summed E-state index contributed by atoms with van der Waals surface area (Å²) >= 11 is 0. The second kappa shape index (κ2) is 12.8. The number of rotatable bonds is 10. The van der Waals surface area contributed by atoms with Gasteiger partial charge in [-0.1, -0.05) is 6.92 Å². The fourth-order valence-electron chi connectivity index (χ4n) is 1.96. The predicted molar refractivity (Wildman–Crippen MR) is 105 cm³/mol. The number of carbonyl (C=O) groups excluding carboxylic acids is 1. The number of aliphatic imine (C=N–C) groups is 1. The molecule has 7 heteroatoms. The van der Waals surface area contributed by atoms with E-state index in [0.717, 1.165) is 31.4 Å². The van der Waals surface area contributed by atoms with Crippen LogP contribution in [-0.2, 0) is 9.53 Å². The summed E-state index contributed by atoms with van der Waals surface area (Å²) in [6.07, 6.45) is 4.04. The summed E-state index contributed by atoms with van der Waals surface area (Å²) in [5, 5.41) is 6.17. The standard InChI is InChI=1S/C16H32N4O2.HI/c1-5-13(2)19-15(21)8-9-18-16(17-3)20(4)10-11-22-12-14-6-7-14;/h13-14H,5-12H2,1-4H3,(H,17,18)(H,19,21);1H. The van der Waals surface area contributed by atoms with Crippen molar-refractivity contribution in [2.24, 2.45) is 10.9 Å². The fraction of sp³-hybridized carbons (Fsp3) is 0.875. The highest BCUT2D eigenvalue weighted by Gasteiger charge is 2.21. The van der Waals surface area contributed by atoms with Crippen molar-refractivity contribution in [3.63, 3.8) is 0 Å². The topological polar surface area (TPSA) is 66.0 Å². The third-order valence-electron chi connectivity index (χ3n) is 3.85. The van der Waals surface area contributed by atoms with E-state index in [1.807, 2.05) is 18.9 Å². The van der Waals surface area contributed by atoms with Crippen LogP contribution in [-0.4, -0.2) is 63.2 Å². The molecule has 0 aromatic carbocycles. The lowest BCUT2D eigenvalue weighted by Gasteiger charge is -2.22. The Morgan fingerprint density at radius 2 is 2.13 bits per heavy atom. The molecule has 1 aliphatic carbocycles. The molecule has 0 radical (unpaired) electrons. The van der Waals surface area contributed by atoms with E-state index in [-0.39, 0.29) is 35.9 Å². The zero-order chi connectivity index (χ0) is 16.4. The fourth-order valence-corrected chi connectivity index (χ4v) is 1.96. The number of likely N-dealkylation sites (N-methyl/N-ethyl adjacent to an activating group) is 1. The molecular formula is C16H33IN4O2. The van der Waals surface area contributed by atoms with Crippen molar-refractivity contribution >= 4 is 35.8 Å². The molecule has 0 saturated heterocycles. The second-order valence-electron chi connectivity index (χ2n) is 6.04. The van der Waals surface area contributed by atoms with E-state index in [9.17, 15) is 4.79 Å². The molecule has 2 N–H and O–H groups in total. The van der Waals surface area contributed by atoms with Crippen molar-refractivity contribution in [1.82, 2.24) is 15.5 Å². The molecule has 0 aliphatic heterocycles.